The number of rotatable bonds is 5. The van der Waals surface area contributed by atoms with Crippen molar-refractivity contribution in [3.05, 3.63) is 71.7 Å². The Hall–Kier alpha value is -3.95. The number of halogens is 3. The quantitative estimate of drug-likeness (QED) is 0.579. The first-order chi connectivity index (χ1) is 16.8. The molecule has 0 radical (unpaired) electrons. The number of benzene rings is 2. The van der Waals surface area contributed by atoms with Gasteiger partial charge in [0.05, 0.1) is 30.1 Å². The third-order valence-electron chi connectivity index (χ3n) is 6.44. The summed E-state index contributed by atoms with van der Waals surface area (Å²) < 4.78 is 53.6. The van der Waals surface area contributed by atoms with Gasteiger partial charge in [0.1, 0.15) is 29.0 Å². The van der Waals surface area contributed by atoms with Crippen LogP contribution in [-0.4, -0.2) is 48.1 Å². The van der Waals surface area contributed by atoms with E-state index in [0.29, 0.717) is 31.2 Å². The Bertz CT molecular complexity index is 1280. The van der Waals surface area contributed by atoms with Gasteiger partial charge in [0.25, 0.3) is 5.91 Å². The molecule has 2 aromatic carbocycles. The molecule has 2 aliphatic rings. The number of nitrogens with zero attached hydrogens (tertiary/aromatic N) is 3. The van der Waals surface area contributed by atoms with Gasteiger partial charge < -0.3 is 25.0 Å². The van der Waals surface area contributed by atoms with Crippen molar-refractivity contribution >= 4 is 17.4 Å². The predicted octanol–water partition coefficient (Wildman–Crippen LogP) is 4.38. The smallest absolute Gasteiger partial charge is 0.257 e. The summed E-state index contributed by atoms with van der Waals surface area (Å²) in [5, 5.41) is 0. The molecular formula is C25H23F3N4O3. The Balaban J connectivity index is 1.35. The molecule has 2 heterocycles. The number of carbonyl (C=O) groups excluding carboxylic acids is 1. The molecule has 3 aromatic rings. The monoisotopic (exact) mass is 484 g/mol. The summed E-state index contributed by atoms with van der Waals surface area (Å²) >= 11 is 0. The minimum Gasteiger partial charge on any atom is -0.494 e. The summed E-state index contributed by atoms with van der Waals surface area (Å²) in [5.74, 6) is -2.16. The second-order valence-corrected chi connectivity index (χ2v) is 8.70. The number of carbonyl (C=O) groups is 1. The van der Waals surface area contributed by atoms with E-state index in [1.807, 2.05) is 0 Å². The van der Waals surface area contributed by atoms with Crippen molar-refractivity contribution in [1.29, 1.82) is 0 Å². The van der Waals surface area contributed by atoms with Crippen LogP contribution in [0.4, 0.5) is 24.7 Å². The Morgan fingerprint density at radius 2 is 1.77 bits per heavy atom. The summed E-state index contributed by atoms with van der Waals surface area (Å²) in [4.78, 5) is 21.2. The largest absolute Gasteiger partial charge is 0.494 e. The number of piperazine rings is 1. The number of ether oxygens (including phenoxy) is 2. The lowest BCUT2D eigenvalue weighted by molar-refractivity contribution is 0.0619. The Morgan fingerprint density at radius 1 is 1.03 bits per heavy atom. The highest BCUT2D eigenvalue weighted by Crippen LogP contribution is 2.47. The maximum absolute atomic E-state index is 15.0. The fourth-order valence-corrected chi connectivity index (χ4v) is 4.46. The summed E-state index contributed by atoms with van der Waals surface area (Å²) in [6, 6.07) is 8.22. The zero-order chi connectivity index (χ0) is 24.7. The standard InChI is InChI=1S/C25H23F3N4O3/c1-34-22-12-23(29)30-13-20(22)31-8-9-32(25(14-31)6-7-25)24(33)17-10-19(28)21(11-18(17)27)35-16-4-2-15(26)3-5-16/h2-5,10-13H,6-9,14H2,1H3,(H2,29,30). The van der Waals surface area contributed by atoms with Gasteiger partial charge in [-0.05, 0) is 43.2 Å². The first kappa shape index (κ1) is 22.8. The van der Waals surface area contributed by atoms with Gasteiger partial charge in [0, 0.05) is 31.8 Å². The van der Waals surface area contributed by atoms with Crippen molar-refractivity contribution in [2.75, 3.05) is 37.4 Å². The van der Waals surface area contributed by atoms with Crippen LogP contribution in [-0.2, 0) is 0 Å². The number of nitrogens with two attached hydrogens (primary N) is 1. The molecule has 1 saturated heterocycles. The summed E-state index contributed by atoms with van der Waals surface area (Å²) in [5.41, 5.74) is 5.68. The van der Waals surface area contributed by atoms with E-state index in [0.717, 1.165) is 42.8 Å². The third-order valence-corrected chi connectivity index (χ3v) is 6.44. The van der Waals surface area contributed by atoms with Crippen LogP contribution in [0.5, 0.6) is 17.2 Å². The minimum atomic E-state index is -0.892. The van der Waals surface area contributed by atoms with E-state index in [9.17, 15) is 18.0 Å². The second-order valence-electron chi connectivity index (χ2n) is 8.70. The molecule has 2 fully saturated rings. The van der Waals surface area contributed by atoms with E-state index in [1.165, 1.54) is 12.1 Å². The van der Waals surface area contributed by atoms with Crippen molar-refractivity contribution in [2.45, 2.75) is 18.4 Å². The van der Waals surface area contributed by atoms with Gasteiger partial charge in [0.2, 0.25) is 0 Å². The average Bonchev–Trinajstić information content (AvgIpc) is 3.61. The lowest BCUT2D eigenvalue weighted by atomic mass is 10.1. The summed E-state index contributed by atoms with van der Waals surface area (Å²) in [7, 11) is 1.55. The minimum absolute atomic E-state index is 0.143. The molecule has 0 bridgehead atoms. The van der Waals surface area contributed by atoms with Gasteiger partial charge >= 0.3 is 0 Å². The van der Waals surface area contributed by atoms with Gasteiger partial charge in [0.15, 0.2) is 11.6 Å². The molecule has 5 rings (SSSR count). The van der Waals surface area contributed by atoms with E-state index in [1.54, 1.807) is 24.3 Å². The van der Waals surface area contributed by atoms with Crippen LogP contribution in [0, 0.1) is 17.5 Å². The fourth-order valence-electron chi connectivity index (χ4n) is 4.46. The molecule has 1 aliphatic carbocycles. The van der Waals surface area contributed by atoms with Gasteiger partial charge in [-0.25, -0.2) is 18.2 Å². The number of nitrogen functional groups attached to an aromatic ring is 1. The van der Waals surface area contributed by atoms with Crippen LogP contribution in [0.1, 0.15) is 23.2 Å². The number of hydrogen-bond acceptors (Lipinski definition) is 6. The maximum Gasteiger partial charge on any atom is 0.257 e. The van der Waals surface area contributed by atoms with Gasteiger partial charge in [-0.15, -0.1) is 0 Å². The molecule has 0 atom stereocenters. The molecule has 1 aromatic heterocycles. The predicted molar refractivity (Wildman–Crippen MR) is 123 cm³/mol. The summed E-state index contributed by atoms with van der Waals surface area (Å²) in [6.07, 6.45) is 3.13. The van der Waals surface area contributed by atoms with Crippen LogP contribution in [0.3, 0.4) is 0 Å². The van der Waals surface area contributed by atoms with Crippen LogP contribution < -0.4 is 20.1 Å². The number of pyridine rings is 1. The maximum atomic E-state index is 15.0. The number of hydrogen-bond donors (Lipinski definition) is 1. The van der Waals surface area contributed by atoms with Crippen LogP contribution in [0.2, 0.25) is 0 Å². The molecule has 10 heteroatoms. The summed E-state index contributed by atoms with van der Waals surface area (Å²) in [6.45, 7) is 1.29. The van der Waals surface area contributed by atoms with E-state index >= 15 is 0 Å². The second kappa shape index (κ2) is 8.68. The average molecular weight is 484 g/mol. The van der Waals surface area contributed by atoms with Crippen molar-refractivity contribution in [3.63, 3.8) is 0 Å². The zero-order valence-electron chi connectivity index (χ0n) is 18.9. The van der Waals surface area contributed by atoms with Crippen LogP contribution in [0.25, 0.3) is 0 Å². The fraction of sp³-hybridized carbons (Fsp3) is 0.280. The number of aromatic nitrogens is 1. The first-order valence-electron chi connectivity index (χ1n) is 11.1. The molecule has 0 unspecified atom stereocenters. The van der Waals surface area contributed by atoms with Crippen LogP contribution in [0.15, 0.2) is 48.7 Å². The molecule has 2 N–H and O–H groups in total. The van der Waals surface area contributed by atoms with Crippen molar-refractivity contribution in [1.82, 2.24) is 9.88 Å². The topological polar surface area (TPSA) is 80.9 Å². The van der Waals surface area contributed by atoms with E-state index in [-0.39, 0.29) is 17.1 Å². The van der Waals surface area contributed by atoms with Gasteiger partial charge in [-0.1, -0.05) is 0 Å². The molecular weight excluding hydrogens is 461 g/mol. The highest BCUT2D eigenvalue weighted by molar-refractivity contribution is 5.95. The van der Waals surface area contributed by atoms with E-state index < -0.39 is 28.9 Å². The van der Waals surface area contributed by atoms with Crippen LogP contribution >= 0.6 is 0 Å². The molecule has 1 saturated carbocycles. The Kier molecular flexibility index (Phi) is 5.66. The lowest BCUT2D eigenvalue weighted by Crippen LogP contribution is -2.57. The third kappa shape index (κ3) is 4.31. The molecule has 182 valence electrons. The Labute approximate surface area is 199 Å². The SMILES string of the molecule is COc1cc(N)ncc1N1CCN(C(=O)c2cc(F)c(Oc3ccc(F)cc3)cc2F)C2(CC2)C1. The van der Waals surface area contributed by atoms with E-state index in [4.69, 9.17) is 15.2 Å². The van der Waals surface area contributed by atoms with Crippen molar-refractivity contribution in [2.24, 2.45) is 0 Å². The number of amides is 1. The number of methoxy groups -OCH3 is 1. The van der Waals surface area contributed by atoms with Crippen molar-refractivity contribution < 1.29 is 27.4 Å². The molecule has 1 aliphatic heterocycles. The highest BCUT2D eigenvalue weighted by Gasteiger charge is 2.54. The first-order valence-corrected chi connectivity index (χ1v) is 11.1. The van der Waals surface area contributed by atoms with E-state index in [2.05, 4.69) is 9.88 Å². The molecule has 7 nitrogen and oxygen atoms in total. The van der Waals surface area contributed by atoms with Crippen molar-refractivity contribution in [3.8, 4) is 17.2 Å². The normalized spacial score (nSPS) is 16.3. The molecule has 1 amide bonds. The van der Waals surface area contributed by atoms with Gasteiger partial charge in [-0.3, -0.25) is 4.79 Å². The van der Waals surface area contributed by atoms with Gasteiger partial charge in [-0.2, -0.15) is 0 Å². The molecule has 35 heavy (non-hydrogen) atoms. The lowest BCUT2D eigenvalue weighted by Gasteiger charge is -2.43. The zero-order valence-corrected chi connectivity index (χ0v) is 18.9. The number of anilines is 2. The Morgan fingerprint density at radius 3 is 2.46 bits per heavy atom. The highest BCUT2D eigenvalue weighted by atomic mass is 19.1. The molecule has 1 spiro atoms.